The van der Waals surface area contributed by atoms with Crippen LogP contribution in [-0.2, 0) is 9.53 Å². The van der Waals surface area contributed by atoms with Crippen LogP contribution in [0.15, 0.2) is 36.4 Å². The second kappa shape index (κ2) is 24.1. The summed E-state index contributed by atoms with van der Waals surface area (Å²) in [6.45, 7) is 8.11. The Labute approximate surface area is 105 Å². The minimum Gasteiger partial charge on any atom is -0.481 e. The fourth-order valence-corrected chi connectivity index (χ4v) is 0.385. The van der Waals surface area contributed by atoms with E-state index < -0.39 is 5.97 Å². The summed E-state index contributed by atoms with van der Waals surface area (Å²) in [5.74, 6) is -0.833. The van der Waals surface area contributed by atoms with Gasteiger partial charge in [-0.25, -0.2) is 0 Å². The minimum absolute atomic E-state index is 0.819. The summed E-state index contributed by atoms with van der Waals surface area (Å²) in [7, 11) is 1.68. The Hall–Kier alpha value is -1.35. The maximum absolute atomic E-state index is 9.00. The standard InChI is InChI=1S/C6H6.C3H8O.C3H8.C2H4O2/c1-2-4-6-5-3-1;1-3-4-2;1-3-2;1-2(3)4/h1-6H;3H2,1-2H3;3H2,1-2H3;1H3,(H,3,4). The molecular weight excluding hydrogens is 216 g/mol. The van der Waals surface area contributed by atoms with E-state index in [1.165, 1.54) is 6.42 Å². The molecule has 1 N–H and O–H groups in total. The molecule has 0 bridgehead atoms. The highest BCUT2D eigenvalue weighted by molar-refractivity contribution is 5.62. The molecule has 1 rings (SSSR count). The van der Waals surface area contributed by atoms with Crippen LogP contribution in [0.5, 0.6) is 0 Å². The number of hydrogen-bond acceptors (Lipinski definition) is 2. The lowest BCUT2D eigenvalue weighted by Gasteiger charge is -1.76. The minimum atomic E-state index is -0.833. The van der Waals surface area contributed by atoms with Gasteiger partial charge in [-0.2, -0.15) is 0 Å². The molecule has 0 unspecified atom stereocenters. The van der Waals surface area contributed by atoms with Crippen molar-refractivity contribution in [2.24, 2.45) is 0 Å². The van der Waals surface area contributed by atoms with E-state index in [1.807, 2.05) is 43.3 Å². The van der Waals surface area contributed by atoms with Gasteiger partial charge in [0.1, 0.15) is 0 Å². The maximum atomic E-state index is 9.00. The first-order chi connectivity index (χ1) is 8.06. The molecule has 0 fully saturated rings. The van der Waals surface area contributed by atoms with Crippen LogP contribution in [0.4, 0.5) is 0 Å². The zero-order valence-electron chi connectivity index (χ0n) is 11.6. The zero-order valence-corrected chi connectivity index (χ0v) is 11.6. The van der Waals surface area contributed by atoms with Gasteiger partial charge in [-0.15, -0.1) is 0 Å². The van der Waals surface area contributed by atoms with E-state index >= 15 is 0 Å². The normalized spacial score (nSPS) is 7.12. The zero-order chi connectivity index (χ0) is 13.9. The van der Waals surface area contributed by atoms with Crippen molar-refractivity contribution < 1.29 is 14.6 Å². The van der Waals surface area contributed by atoms with E-state index in [-0.39, 0.29) is 0 Å². The van der Waals surface area contributed by atoms with Gasteiger partial charge in [0.05, 0.1) is 0 Å². The first-order valence-electron chi connectivity index (χ1n) is 5.75. The molecule has 17 heavy (non-hydrogen) atoms. The molecule has 0 heterocycles. The van der Waals surface area contributed by atoms with Crippen molar-refractivity contribution >= 4 is 5.97 Å². The molecule has 0 radical (unpaired) electrons. The van der Waals surface area contributed by atoms with Gasteiger partial charge < -0.3 is 9.84 Å². The lowest BCUT2D eigenvalue weighted by atomic mass is 10.4. The van der Waals surface area contributed by atoms with Crippen LogP contribution in [0.3, 0.4) is 0 Å². The average molecular weight is 242 g/mol. The number of hydrogen-bond donors (Lipinski definition) is 1. The Morgan fingerprint density at radius 1 is 1.00 bits per heavy atom. The van der Waals surface area contributed by atoms with Crippen LogP contribution in [0.2, 0.25) is 0 Å². The molecule has 0 saturated heterocycles. The number of benzene rings is 1. The van der Waals surface area contributed by atoms with Crippen LogP contribution < -0.4 is 0 Å². The second-order valence-electron chi connectivity index (χ2n) is 2.96. The SMILES string of the molecule is CC(=O)O.CCC.CCOC.c1ccccc1. The van der Waals surface area contributed by atoms with E-state index in [9.17, 15) is 0 Å². The van der Waals surface area contributed by atoms with Crippen molar-refractivity contribution in [2.45, 2.75) is 34.1 Å². The number of carboxylic acids is 1. The van der Waals surface area contributed by atoms with Crippen molar-refractivity contribution in [3.63, 3.8) is 0 Å². The maximum Gasteiger partial charge on any atom is 0.300 e. The Morgan fingerprint density at radius 3 is 1.18 bits per heavy atom. The molecule has 0 spiro atoms. The summed E-state index contributed by atoms with van der Waals surface area (Å²) in [6, 6.07) is 12.0. The quantitative estimate of drug-likeness (QED) is 0.813. The van der Waals surface area contributed by atoms with E-state index in [0.29, 0.717) is 0 Å². The summed E-state index contributed by atoms with van der Waals surface area (Å²) in [5, 5.41) is 7.42. The topological polar surface area (TPSA) is 46.5 Å². The number of rotatable bonds is 1. The fraction of sp³-hybridized carbons (Fsp3) is 0.500. The van der Waals surface area contributed by atoms with Crippen molar-refractivity contribution in [3.8, 4) is 0 Å². The smallest absolute Gasteiger partial charge is 0.300 e. The van der Waals surface area contributed by atoms with Gasteiger partial charge in [0.15, 0.2) is 0 Å². The largest absolute Gasteiger partial charge is 0.481 e. The molecule has 0 saturated carbocycles. The van der Waals surface area contributed by atoms with Crippen LogP contribution in [0.25, 0.3) is 0 Å². The summed E-state index contributed by atoms with van der Waals surface area (Å²) >= 11 is 0. The Balaban J connectivity index is -0.000000161. The molecule has 3 heteroatoms. The second-order valence-corrected chi connectivity index (χ2v) is 2.96. The summed E-state index contributed by atoms with van der Waals surface area (Å²) in [4.78, 5) is 9.00. The fourth-order valence-electron chi connectivity index (χ4n) is 0.385. The molecule has 0 aliphatic heterocycles. The van der Waals surface area contributed by atoms with E-state index in [0.717, 1.165) is 13.5 Å². The molecule has 1 aromatic carbocycles. The van der Waals surface area contributed by atoms with Gasteiger partial charge in [-0.3, -0.25) is 4.79 Å². The number of aliphatic carboxylic acids is 1. The highest BCUT2D eigenvalue weighted by Gasteiger charge is 1.65. The van der Waals surface area contributed by atoms with Crippen LogP contribution in [-0.4, -0.2) is 24.8 Å². The third-order valence-electron chi connectivity index (χ3n) is 0.955. The highest BCUT2D eigenvalue weighted by atomic mass is 16.5. The first-order valence-corrected chi connectivity index (χ1v) is 5.75. The number of ether oxygens (including phenoxy) is 1. The van der Waals surface area contributed by atoms with E-state index in [4.69, 9.17) is 9.90 Å². The Kier molecular flexibility index (Phi) is 29.7. The summed E-state index contributed by atoms with van der Waals surface area (Å²) in [5.41, 5.74) is 0. The van der Waals surface area contributed by atoms with Crippen molar-refractivity contribution in [2.75, 3.05) is 13.7 Å². The third kappa shape index (κ3) is 73.4. The predicted octanol–water partition coefficient (Wildman–Crippen LogP) is 3.85. The molecule has 100 valence electrons. The Bertz CT molecular complexity index is 177. The average Bonchev–Trinajstić information content (AvgIpc) is 2.32. The van der Waals surface area contributed by atoms with Gasteiger partial charge in [-0.1, -0.05) is 56.7 Å². The van der Waals surface area contributed by atoms with Crippen LogP contribution in [0.1, 0.15) is 34.1 Å². The Morgan fingerprint density at radius 2 is 1.12 bits per heavy atom. The molecule has 1 aromatic rings. The van der Waals surface area contributed by atoms with Crippen LogP contribution in [0, 0.1) is 0 Å². The molecule has 0 atom stereocenters. The van der Waals surface area contributed by atoms with Gasteiger partial charge in [0.2, 0.25) is 0 Å². The summed E-state index contributed by atoms with van der Waals surface area (Å²) < 4.78 is 4.54. The van der Waals surface area contributed by atoms with E-state index in [1.54, 1.807) is 7.11 Å². The van der Waals surface area contributed by atoms with Crippen molar-refractivity contribution in [3.05, 3.63) is 36.4 Å². The highest BCUT2D eigenvalue weighted by Crippen LogP contribution is 1.79. The molecule has 0 aliphatic carbocycles. The molecular formula is C14H26O3. The van der Waals surface area contributed by atoms with Gasteiger partial charge in [0, 0.05) is 20.6 Å². The number of carboxylic acid groups (broad SMARTS) is 1. The first kappa shape index (κ1) is 21.0. The van der Waals surface area contributed by atoms with Gasteiger partial charge in [-0.05, 0) is 6.92 Å². The monoisotopic (exact) mass is 242 g/mol. The predicted molar refractivity (Wildman–Crippen MR) is 73.3 cm³/mol. The van der Waals surface area contributed by atoms with Gasteiger partial charge >= 0.3 is 0 Å². The van der Waals surface area contributed by atoms with Gasteiger partial charge in [0.25, 0.3) is 5.97 Å². The molecule has 3 nitrogen and oxygen atoms in total. The van der Waals surface area contributed by atoms with Crippen molar-refractivity contribution in [1.29, 1.82) is 0 Å². The molecule has 0 amide bonds. The number of methoxy groups -OCH3 is 1. The van der Waals surface area contributed by atoms with Crippen molar-refractivity contribution in [1.82, 2.24) is 0 Å². The lowest BCUT2D eigenvalue weighted by Crippen LogP contribution is -1.78. The number of carbonyl (C=O) groups is 1. The molecule has 0 aliphatic rings. The van der Waals surface area contributed by atoms with E-state index in [2.05, 4.69) is 18.6 Å². The van der Waals surface area contributed by atoms with Crippen LogP contribution >= 0.6 is 0 Å². The molecule has 0 aromatic heterocycles. The third-order valence-corrected chi connectivity index (χ3v) is 0.955. The lowest BCUT2D eigenvalue weighted by molar-refractivity contribution is -0.134. The summed E-state index contributed by atoms with van der Waals surface area (Å²) in [6.07, 6.45) is 1.25.